The summed E-state index contributed by atoms with van der Waals surface area (Å²) < 4.78 is 28.9. The fourth-order valence-corrected chi connectivity index (χ4v) is 3.18. The average Bonchev–Trinajstić information content (AvgIpc) is 2.38. The molecule has 0 saturated heterocycles. The van der Waals surface area contributed by atoms with Crippen molar-refractivity contribution in [1.82, 2.24) is 5.32 Å². The zero-order chi connectivity index (χ0) is 16.2. The highest BCUT2D eigenvalue weighted by molar-refractivity contribution is 9.10. The Bertz CT molecular complexity index is 631. The van der Waals surface area contributed by atoms with E-state index in [0.29, 0.717) is 23.2 Å². The molecule has 1 rings (SSSR count). The van der Waals surface area contributed by atoms with Crippen LogP contribution in [0.5, 0.6) is 0 Å². The molecule has 0 fully saturated rings. The van der Waals surface area contributed by atoms with Gasteiger partial charge >= 0.3 is 0 Å². The van der Waals surface area contributed by atoms with Crippen LogP contribution in [-0.4, -0.2) is 33.6 Å². The molecule has 1 aromatic rings. The number of ether oxygens (including phenoxy) is 1. The van der Waals surface area contributed by atoms with Crippen molar-refractivity contribution in [3.05, 3.63) is 27.7 Å². The second-order valence-electron chi connectivity index (χ2n) is 4.60. The van der Waals surface area contributed by atoms with Crippen molar-refractivity contribution in [3.8, 4) is 0 Å². The summed E-state index contributed by atoms with van der Waals surface area (Å²) in [6, 6.07) is 2.83. The Morgan fingerprint density at radius 1 is 1.48 bits per heavy atom. The highest BCUT2D eigenvalue weighted by atomic mass is 79.9. The average molecular weight is 379 g/mol. The Balaban J connectivity index is 2.99. The van der Waals surface area contributed by atoms with Crippen LogP contribution in [-0.2, 0) is 14.8 Å². The summed E-state index contributed by atoms with van der Waals surface area (Å²) >= 11 is 3.24. The SMILES string of the molecule is CCOC(C)CNC(=O)c1cc(Br)c(C)c(S(N)(=O)=O)c1. The Morgan fingerprint density at radius 3 is 2.62 bits per heavy atom. The van der Waals surface area contributed by atoms with Crippen molar-refractivity contribution in [3.63, 3.8) is 0 Å². The largest absolute Gasteiger partial charge is 0.377 e. The number of nitrogens with two attached hydrogens (primary N) is 1. The van der Waals surface area contributed by atoms with Crippen molar-refractivity contribution in [2.24, 2.45) is 5.14 Å². The molecule has 1 amide bonds. The topological polar surface area (TPSA) is 98.5 Å². The Kier molecular flexibility index (Phi) is 6.33. The van der Waals surface area contributed by atoms with Crippen LogP contribution in [0.15, 0.2) is 21.5 Å². The Hall–Kier alpha value is -0.960. The first kappa shape index (κ1) is 18.1. The van der Waals surface area contributed by atoms with Gasteiger partial charge in [0.2, 0.25) is 10.0 Å². The Morgan fingerprint density at radius 2 is 2.10 bits per heavy atom. The van der Waals surface area contributed by atoms with Gasteiger partial charge in [0, 0.05) is 23.2 Å². The van der Waals surface area contributed by atoms with E-state index in [1.54, 1.807) is 13.0 Å². The molecular formula is C13H19BrN2O4S. The maximum Gasteiger partial charge on any atom is 0.251 e. The summed E-state index contributed by atoms with van der Waals surface area (Å²) in [7, 11) is -3.89. The monoisotopic (exact) mass is 378 g/mol. The number of amides is 1. The third-order valence-electron chi connectivity index (χ3n) is 2.87. The number of hydrogen-bond donors (Lipinski definition) is 2. The van der Waals surface area contributed by atoms with E-state index in [1.807, 2.05) is 13.8 Å². The standard InChI is InChI=1S/C13H19BrN2O4S/c1-4-20-8(2)7-16-13(17)10-5-11(14)9(3)12(6-10)21(15,18)19/h5-6,8H,4,7H2,1-3H3,(H,16,17)(H2,15,18,19). The van der Waals surface area contributed by atoms with E-state index in [1.165, 1.54) is 6.07 Å². The Labute approximate surface area is 133 Å². The minimum Gasteiger partial charge on any atom is -0.377 e. The van der Waals surface area contributed by atoms with Crippen molar-refractivity contribution >= 4 is 31.9 Å². The van der Waals surface area contributed by atoms with Gasteiger partial charge in [0.15, 0.2) is 0 Å². The zero-order valence-corrected chi connectivity index (χ0v) is 14.5. The van der Waals surface area contributed by atoms with E-state index in [0.717, 1.165) is 0 Å². The van der Waals surface area contributed by atoms with Gasteiger partial charge in [-0.2, -0.15) is 0 Å². The molecule has 0 heterocycles. The molecular weight excluding hydrogens is 360 g/mol. The normalized spacial score (nSPS) is 13.0. The lowest BCUT2D eigenvalue weighted by molar-refractivity contribution is 0.0695. The van der Waals surface area contributed by atoms with Crippen LogP contribution in [0.25, 0.3) is 0 Å². The first-order valence-electron chi connectivity index (χ1n) is 6.39. The summed E-state index contributed by atoms with van der Waals surface area (Å²) in [5.41, 5.74) is 0.692. The van der Waals surface area contributed by atoms with Crippen LogP contribution in [0.3, 0.4) is 0 Å². The predicted octanol–water partition coefficient (Wildman–Crippen LogP) is 1.56. The van der Waals surface area contributed by atoms with Gasteiger partial charge in [-0.15, -0.1) is 0 Å². The lowest BCUT2D eigenvalue weighted by Gasteiger charge is -2.14. The summed E-state index contributed by atoms with van der Waals surface area (Å²) in [6.45, 7) is 6.21. The molecule has 0 spiro atoms. The van der Waals surface area contributed by atoms with Gasteiger partial charge in [0.25, 0.3) is 5.91 Å². The molecule has 1 atom stereocenters. The quantitative estimate of drug-likeness (QED) is 0.784. The van der Waals surface area contributed by atoms with E-state index < -0.39 is 10.0 Å². The zero-order valence-electron chi connectivity index (χ0n) is 12.1. The fourth-order valence-electron chi connectivity index (χ4n) is 1.76. The van der Waals surface area contributed by atoms with Crippen LogP contribution >= 0.6 is 15.9 Å². The molecule has 0 bridgehead atoms. The number of sulfonamides is 1. The first-order valence-corrected chi connectivity index (χ1v) is 8.73. The minimum atomic E-state index is -3.89. The first-order chi connectivity index (χ1) is 9.66. The van der Waals surface area contributed by atoms with Crippen LogP contribution in [0.4, 0.5) is 0 Å². The molecule has 8 heteroatoms. The summed E-state index contributed by atoms with van der Waals surface area (Å²) in [6.07, 6.45) is -0.120. The molecule has 1 unspecified atom stereocenters. The van der Waals surface area contributed by atoms with Gasteiger partial charge in [-0.3, -0.25) is 4.79 Å². The van der Waals surface area contributed by atoms with Gasteiger partial charge in [-0.25, -0.2) is 13.6 Å². The second-order valence-corrected chi connectivity index (χ2v) is 6.99. The van der Waals surface area contributed by atoms with Gasteiger partial charge in [-0.05, 0) is 38.5 Å². The van der Waals surface area contributed by atoms with Gasteiger partial charge < -0.3 is 10.1 Å². The van der Waals surface area contributed by atoms with E-state index in [9.17, 15) is 13.2 Å². The van der Waals surface area contributed by atoms with Gasteiger partial charge in [0.05, 0.1) is 11.0 Å². The van der Waals surface area contributed by atoms with E-state index in [-0.39, 0.29) is 22.5 Å². The molecule has 6 nitrogen and oxygen atoms in total. The number of rotatable bonds is 6. The number of benzene rings is 1. The van der Waals surface area contributed by atoms with Crippen LogP contribution < -0.4 is 10.5 Å². The van der Waals surface area contributed by atoms with Crippen molar-refractivity contribution in [1.29, 1.82) is 0 Å². The van der Waals surface area contributed by atoms with Gasteiger partial charge in [-0.1, -0.05) is 15.9 Å². The third kappa shape index (κ3) is 5.06. The third-order valence-corrected chi connectivity index (χ3v) is 4.73. The summed E-state index contributed by atoms with van der Waals surface area (Å²) in [4.78, 5) is 12.0. The molecule has 0 aromatic heterocycles. The molecule has 21 heavy (non-hydrogen) atoms. The maximum atomic E-state index is 12.1. The number of primary sulfonamides is 1. The van der Waals surface area contributed by atoms with Crippen molar-refractivity contribution in [2.45, 2.75) is 31.8 Å². The van der Waals surface area contributed by atoms with E-state index >= 15 is 0 Å². The highest BCUT2D eigenvalue weighted by Crippen LogP contribution is 2.25. The molecule has 0 radical (unpaired) electrons. The molecule has 3 N–H and O–H groups in total. The van der Waals surface area contributed by atoms with E-state index in [4.69, 9.17) is 9.88 Å². The highest BCUT2D eigenvalue weighted by Gasteiger charge is 2.18. The number of nitrogens with one attached hydrogen (secondary N) is 1. The number of carbonyl (C=O) groups is 1. The number of hydrogen-bond acceptors (Lipinski definition) is 4. The maximum absolute atomic E-state index is 12.1. The number of halogens is 1. The van der Waals surface area contributed by atoms with Crippen LogP contribution in [0.1, 0.15) is 29.8 Å². The summed E-state index contributed by atoms with van der Waals surface area (Å²) in [5.74, 6) is -0.382. The molecule has 1 aromatic carbocycles. The lowest BCUT2D eigenvalue weighted by atomic mass is 10.1. The molecule has 0 aliphatic rings. The van der Waals surface area contributed by atoms with Crippen molar-refractivity contribution < 1.29 is 17.9 Å². The van der Waals surface area contributed by atoms with Gasteiger partial charge in [0.1, 0.15) is 0 Å². The summed E-state index contributed by atoms with van der Waals surface area (Å²) in [5, 5.41) is 7.85. The van der Waals surface area contributed by atoms with Crippen LogP contribution in [0, 0.1) is 6.92 Å². The lowest BCUT2D eigenvalue weighted by Crippen LogP contribution is -2.32. The second kappa shape index (κ2) is 7.35. The number of carbonyl (C=O) groups excluding carboxylic acids is 1. The van der Waals surface area contributed by atoms with Crippen LogP contribution in [0.2, 0.25) is 0 Å². The van der Waals surface area contributed by atoms with E-state index in [2.05, 4.69) is 21.2 Å². The fraction of sp³-hybridized carbons (Fsp3) is 0.462. The minimum absolute atomic E-state index is 0.0696. The smallest absolute Gasteiger partial charge is 0.251 e. The molecule has 0 saturated carbocycles. The molecule has 0 aliphatic carbocycles. The molecule has 0 aliphatic heterocycles. The molecule has 118 valence electrons. The van der Waals surface area contributed by atoms with Crippen molar-refractivity contribution in [2.75, 3.05) is 13.2 Å². The predicted molar refractivity (Wildman–Crippen MR) is 83.7 cm³/mol.